The van der Waals surface area contributed by atoms with Crippen LogP contribution in [0.2, 0.25) is 0 Å². The van der Waals surface area contributed by atoms with E-state index in [0.29, 0.717) is 18.3 Å². The van der Waals surface area contributed by atoms with Crippen LogP contribution in [-0.4, -0.2) is 41.6 Å². The molecule has 1 aromatic heterocycles. The molecule has 0 atom stereocenters. The molecular weight excluding hydrogens is 218 g/mol. The molecule has 1 fully saturated rings. The van der Waals surface area contributed by atoms with Crippen molar-refractivity contribution in [3.8, 4) is 0 Å². The third-order valence-corrected chi connectivity index (χ3v) is 3.29. The van der Waals surface area contributed by atoms with E-state index in [-0.39, 0.29) is 5.91 Å². The van der Waals surface area contributed by atoms with E-state index in [1.165, 1.54) is 0 Å². The van der Waals surface area contributed by atoms with E-state index in [1.54, 1.807) is 6.20 Å². The first-order chi connectivity index (χ1) is 8.24. The molecule has 0 unspecified atom stereocenters. The number of rotatable bonds is 3. The van der Waals surface area contributed by atoms with Crippen LogP contribution in [0.3, 0.4) is 0 Å². The molecular formula is C12H19N3O2. The van der Waals surface area contributed by atoms with Gasteiger partial charge >= 0.3 is 0 Å². The minimum absolute atomic E-state index is 0.0330. The Morgan fingerprint density at radius 3 is 2.82 bits per heavy atom. The fraction of sp³-hybridized carbons (Fsp3) is 0.667. The predicted octanol–water partition coefficient (Wildman–Crippen LogP) is 1.20. The average molecular weight is 237 g/mol. The molecule has 1 N–H and O–H groups in total. The summed E-state index contributed by atoms with van der Waals surface area (Å²) in [5.74, 6) is 0.347. The number of amides is 1. The van der Waals surface area contributed by atoms with E-state index in [1.807, 2.05) is 18.7 Å². The van der Waals surface area contributed by atoms with Gasteiger partial charge in [0.25, 0.3) is 5.91 Å². The third-order valence-electron chi connectivity index (χ3n) is 3.29. The summed E-state index contributed by atoms with van der Waals surface area (Å²) in [4.78, 5) is 14.2. The first-order valence-corrected chi connectivity index (χ1v) is 6.17. The molecule has 2 rings (SSSR count). The number of aromatic nitrogens is 1. The molecule has 0 radical (unpaired) electrons. The zero-order valence-corrected chi connectivity index (χ0v) is 10.4. The lowest BCUT2D eigenvalue weighted by molar-refractivity contribution is 0.0613. The number of aryl methyl sites for hydroxylation is 1. The van der Waals surface area contributed by atoms with Gasteiger partial charge in [0.15, 0.2) is 0 Å². The van der Waals surface area contributed by atoms with E-state index in [2.05, 4.69) is 10.5 Å². The third kappa shape index (κ3) is 2.49. The number of nitrogens with one attached hydrogen (secondary N) is 1. The number of piperidine rings is 1. The molecule has 1 amide bonds. The lowest BCUT2D eigenvalue weighted by Gasteiger charge is -2.33. The normalized spacial score (nSPS) is 17.1. The minimum Gasteiger partial charge on any atom is -0.351 e. The molecule has 0 aliphatic carbocycles. The van der Waals surface area contributed by atoms with Crippen LogP contribution in [0.1, 0.15) is 35.9 Å². The van der Waals surface area contributed by atoms with Crippen LogP contribution in [-0.2, 0) is 0 Å². The summed E-state index contributed by atoms with van der Waals surface area (Å²) >= 11 is 0. The standard InChI is InChI=1S/C12H19N3O2/c1-3-15(10-4-6-13-7-5-10)12(16)11-9(2)8-14-17-11/h8,10,13H,3-7H2,1-2H3. The fourth-order valence-electron chi connectivity index (χ4n) is 2.31. The van der Waals surface area contributed by atoms with E-state index in [0.717, 1.165) is 31.5 Å². The first kappa shape index (κ1) is 12.1. The molecule has 1 aliphatic heterocycles. The van der Waals surface area contributed by atoms with Gasteiger partial charge in [-0.15, -0.1) is 0 Å². The molecule has 0 bridgehead atoms. The van der Waals surface area contributed by atoms with Crippen LogP contribution in [0.25, 0.3) is 0 Å². The Morgan fingerprint density at radius 1 is 1.59 bits per heavy atom. The van der Waals surface area contributed by atoms with Crippen molar-refractivity contribution in [1.82, 2.24) is 15.4 Å². The van der Waals surface area contributed by atoms with Gasteiger partial charge in [-0.1, -0.05) is 5.16 Å². The maximum atomic E-state index is 12.3. The molecule has 17 heavy (non-hydrogen) atoms. The summed E-state index contributed by atoms with van der Waals surface area (Å²) in [6, 6.07) is 0.318. The topological polar surface area (TPSA) is 58.4 Å². The largest absolute Gasteiger partial charge is 0.351 e. The number of nitrogens with zero attached hydrogens (tertiary/aromatic N) is 2. The summed E-state index contributed by atoms with van der Waals surface area (Å²) in [5.41, 5.74) is 0.808. The van der Waals surface area contributed by atoms with Gasteiger partial charge in [-0.05, 0) is 39.8 Å². The maximum absolute atomic E-state index is 12.3. The summed E-state index contributed by atoms with van der Waals surface area (Å²) in [7, 11) is 0. The van der Waals surface area contributed by atoms with Crippen LogP contribution >= 0.6 is 0 Å². The Morgan fingerprint density at radius 2 is 2.29 bits per heavy atom. The molecule has 0 spiro atoms. The van der Waals surface area contributed by atoms with E-state index >= 15 is 0 Å². The summed E-state index contributed by atoms with van der Waals surface area (Å²) in [5, 5.41) is 6.97. The molecule has 1 aromatic rings. The highest BCUT2D eigenvalue weighted by Crippen LogP contribution is 2.17. The number of hydrogen-bond acceptors (Lipinski definition) is 4. The maximum Gasteiger partial charge on any atom is 0.292 e. The van der Waals surface area contributed by atoms with E-state index < -0.39 is 0 Å². The van der Waals surface area contributed by atoms with Gasteiger partial charge < -0.3 is 14.7 Å². The lowest BCUT2D eigenvalue weighted by Crippen LogP contribution is -2.46. The van der Waals surface area contributed by atoms with Crippen molar-refractivity contribution in [3.05, 3.63) is 17.5 Å². The zero-order valence-electron chi connectivity index (χ0n) is 10.4. The van der Waals surface area contributed by atoms with Crippen molar-refractivity contribution in [2.45, 2.75) is 32.7 Å². The summed E-state index contributed by atoms with van der Waals surface area (Å²) < 4.78 is 5.04. The number of hydrogen-bond donors (Lipinski definition) is 1. The van der Waals surface area contributed by atoms with Crippen LogP contribution in [0, 0.1) is 6.92 Å². The average Bonchev–Trinajstić information content (AvgIpc) is 2.77. The zero-order chi connectivity index (χ0) is 12.3. The van der Waals surface area contributed by atoms with Crippen molar-refractivity contribution < 1.29 is 9.32 Å². The highest BCUT2D eigenvalue weighted by molar-refractivity contribution is 5.92. The van der Waals surface area contributed by atoms with Crippen LogP contribution in [0.5, 0.6) is 0 Å². The van der Waals surface area contributed by atoms with Gasteiger partial charge in [-0.3, -0.25) is 4.79 Å². The second kappa shape index (κ2) is 5.31. The lowest BCUT2D eigenvalue weighted by atomic mass is 10.0. The van der Waals surface area contributed by atoms with Crippen molar-refractivity contribution in [2.24, 2.45) is 0 Å². The second-order valence-electron chi connectivity index (χ2n) is 4.41. The van der Waals surface area contributed by atoms with Gasteiger partial charge in [0, 0.05) is 18.2 Å². The van der Waals surface area contributed by atoms with Crippen LogP contribution in [0.4, 0.5) is 0 Å². The summed E-state index contributed by atoms with van der Waals surface area (Å²) in [6.45, 7) is 6.52. The highest BCUT2D eigenvalue weighted by Gasteiger charge is 2.27. The molecule has 94 valence electrons. The van der Waals surface area contributed by atoms with Gasteiger partial charge in [0.05, 0.1) is 6.20 Å². The second-order valence-corrected chi connectivity index (χ2v) is 4.41. The highest BCUT2D eigenvalue weighted by atomic mass is 16.5. The molecule has 1 saturated heterocycles. The fourth-order valence-corrected chi connectivity index (χ4v) is 2.31. The SMILES string of the molecule is CCN(C(=O)c1oncc1C)C1CCNCC1. The number of carbonyl (C=O) groups is 1. The monoisotopic (exact) mass is 237 g/mol. The molecule has 2 heterocycles. The molecule has 1 aliphatic rings. The summed E-state index contributed by atoms with van der Waals surface area (Å²) in [6.07, 6.45) is 3.60. The van der Waals surface area contributed by atoms with Gasteiger partial charge in [-0.25, -0.2) is 0 Å². The Labute approximate surface area is 101 Å². The Hall–Kier alpha value is -1.36. The molecule has 5 nitrogen and oxygen atoms in total. The van der Waals surface area contributed by atoms with Crippen molar-refractivity contribution in [1.29, 1.82) is 0 Å². The van der Waals surface area contributed by atoms with Crippen molar-refractivity contribution in [3.63, 3.8) is 0 Å². The van der Waals surface area contributed by atoms with E-state index in [9.17, 15) is 4.79 Å². The Balaban J connectivity index is 2.12. The quantitative estimate of drug-likeness (QED) is 0.858. The Kier molecular flexibility index (Phi) is 3.78. The predicted molar refractivity (Wildman–Crippen MR) is 63.8 cm³/mol. The van der Waals surface area contributed by atoms with Gasteiger partial charge in [-0.2, -0.15) is 0 Å². The van der Waals surface area contributed by atoms with Crippen molar-refractivity contribution in [2.75, 3.05) is 19.6 Å². The molecule has 5 heteroatoms. The van der Waals surface area contributed by atoms with E-state index in [4.69, 9.17) is 4.52 Å². The first-order valence-electron chi connectivity index (χ1n) is 6.17. The minimum atomic E-state index is -0.0330. The smallest absolute Gasteiger partial charge is 0.292 e. The number of carbonyl (C=O) groups excluding carboxylic acids is 1. The van der Waals surface area contributed by atoms with Gasteiger partial charge in [0.2, 0.25) is 5.76 Å². The van der Waals surface area contributed by atoms with Crippen LogP contribution < -0.4 is 5.32 Å². The molecule has 0 saturated carbocycles. The van der Waals surface area contributed by atoms with Crippen molar-refractivity contribution >= 4 is 5.91 Å². The van der Waals surface area contributed by atoms with Crippen LogP contribution in [0.15, 0.2) is 10.7 Å². The van der Waals surface area contributed by atoms with Gasteiger partial charge in [0.1, 0.15) is 0 Å². The molecule has 0 aromatic carbocycles. The Bertz CT molecular complexity index is 383.